The molecule has 0 atom stereocenters. The van der Waals surface area contributed by atoms with E-state index in [0.717, 1.165) is 34.5 Å². The van der Waals surface area contributed by atoms with Crippen molar-refractivity contribution in [1.82, 2.24) is 34.7 Å². The summed E-state index contributed by atoms with van der Waals surface area (Å²) in [6.45, 7) is 7.70. The summed E-state index contributed by atoms with van der Waals surface area (Å²) in [7, 11) is 0. The van der Waals surface area contributed by atoms with Crippen molar-refractivity contribution >= 4 is 21.8 Å². The Bertz CT molecular complexity index is 889. The first-order chi connectivity index (χ1) is 12.4. The molecule has 1 amide bonds. The number of amides is 1. The van der Waals surface area contributed by atoms with Gasteiger partial charge >= 0.3 is 0 Å². The van der Waals surface area contributed by atoms with Gasteiger partial charge in [0.2, 0.25) is 0 Å². The Kier molecular flexibility index (Phi) is 5.55. The van der Waals surface area contributed by atoms with E-state index in [0.29, 0.717) is 18.9 Å². The predicted molar refractivity (Wildman–Crippen MR) is 101 cm³/mol. The van der Waals surface area contributed by atoms with Crippen LogP contribution in [-0.4, -0.2) is 41.8 Å². The minimum atomic E-state index is -0.171. The highest BCUT2D eigenvalue weighted by Crippen LogP contribution is 2.13. The number of nitrogens with one attached hydrogen (secondary N) is 1. The van der Waals surface area contributed by atoms with Gasteiger partial charge in [-0.05, 0) is 55.3 Å². The molecule has 3 aromatic heterocycles. The second-order valence-corrected chi connectivity index (χ2v) is 7.10. The molecular weight excluding hydrogens is 398 g/mol. The molecule has 0 aliphatic carbocycles. The quantitative estimate of drug-likeness (QED) is 0.595. The minimum Gasteiger partial charge on any atom is -0.351 e. The average Bonchev–Trinajstić information content (AvgIpc) is 3.26. The van der Waals surface area contributed by atoms with Gasteiger partial charge < -0.3 is 5.32 Å². The summed E-state index contributed by atoms with van der Waals surface area (Å²) in [5, 5.41) is 16.0. The van der Waals surface area contributed by atoms with Crippen LogP contribution in [0.5, 0.6) is 0 Å². The molecule has 0 radical (unpaired) electrons. The molecule has 0 bridgehead atoms. The fourth-order valence-corrected chi connectivity index (χ4v) is 2.97. The number of carbonyl (C=O) groups is 1. The Labute approximate surface area is 160 Å². The first-order valence-corrected chi connectivity index (χ1v) is 9.24. The molecule has 138 valence electrons. The number of halogens is 1. The van der Waals surface area contributed by atoms with E-state index in [2.05, 4.69) is 36.5 Å². The molecule has 0 spiro atoms. The van der Waals surface area contributed by atoms with Gasteiger partial charge in [0.05, 0.1) is 15.9 Å². The zero-order chi connectivity index (χ0) is 18.7. The number of hydrogen-bond donors (Lipinski definition) is 1. The van der Waals surface area contributed by atoms with E-state index in [9.17, 15) is 4.79 Å². The van der Waals surface area contributed by atoms with Gasteiger partial charge in [-0.25, -0.2) is 4.68 Å². The van der Waals surface area contributed by atoms with Gasteiger partial charge in [0.25, 0.3) is 5.91 Å². The lowest BCUT2D eigenvalue weighted by molar-refractivity contribution is 0.0946. The van der Waals surface area contributed by atoms with Crippen LogP contribution in [0.4, 0.5) is 0 Å². The Morgan fingerprint density at radius 1 is 1.19 bits per heavy atom. The van der Waals surface area contributed by atoms with Crippen LogP contribution < -0.4 is 5.32 Å². The third kappa shape index (κ3) is 4.40. The Morgan fingerprint density at radius 2 is 2.00 bits per heavy atom. The molecule has 9 heteroatoms. The van der Waals surface area contributed by atoms with Crippen LogP contribution in [0.3, 0.4) is 0 Å². The zero-order valence-electron chi connectivity index (χ0n) is 15.1. The molecule has 0 saturated heterocycles. The Hall–Kier alpha value is -2.42. The zero-order valence-corrected chi connectivity index (χ0v) is 16.7. The standard InChI is InChI=1S/C17H22BrN7O/c1-12-9-13(2)25(20-12)11-24-8-5-16(22-24)17(26)19-6-4-7-23-10-15(18)14(3)21-23/h5,8-10H,4,6-7,11H2,1-3H3,(H,19,26). The lowest BCUT2D eigenvalue weighted by Crippen LogP contribution is -2.26. The average molecular weight is 420 g/mol. The number of hydrogen-bond acceptors (Lipinski definition) is 4. The molecule has 8 nitrogen and oxygen atoms in total. The van der Waals surface area contributed by atoms with E-state index in [1.807, 2.05) is 42.4 Å². The summed E-state index contributed by atoms with van der Waals surface area (Å²) >= 11 is 3.44. The van der Waals surface area contributed by atoms with Crippen molar-refractivity contribution in [2.75, 3.05) is 6.54 Å². The van der Waals surface area contributed by atoms with E-state index in [4.69, 9.17) is 0 Å². The van der Waals surface area contributed by atoms with Gasteiger partial charge in [-0.2, -0.15) is 15.3 Å². The summed E-state index contributed by atoms with van der Waals surface area (Å²) in [5.74, 6) is -0.171. The van der Waals surface area contributed by atoms with Gasteiger partial charge in [-0.3, -0.25) is 14.2 Å². The topological polar surface area (TPSA) is 82.6 Å². The maximum atomic E-state index is 12.2. The van der Waals surface area contributed by atoms with Crippen molar-refractivity contribution in [2.24, 2.45) is 0 Å². The van der Waals surface area contributed by atoms with E-state index in [-0.39, 0.29) is 5.91 Å². The normalized spacial score (nSPS) is 11.1. The largest absolute Gasteiger partial charge is 0.351 e. The number of carbonyl (C=O) groups excluding carboxylic acids is 1. The molecule has 3 aromatic rings. The Balaban J connectivity index is 1.47. The molecule has 0 aliphatic rings. The van der Waals surface area contributed by atoms with Crippen LogP contribution in [0.2, 0.25) is 0 Å². The monoisotopic (exact) mass is 419 g/mol. The van der Waals surface area contributed by atoms with Crippen molar-refractivity contribution in [3.05, 3.63) is 51.8 Å². The summed E-state index contributed by atoms with van der Waals surface area (Å²) in [4.78, 5) is 12.2. The molecule has 26 heavy (non-hydrogen) atoms. The molecule has 0 aromatic carbocycles. The number of aromatic nitrogens is 6. The highest BCUT2D eigenvalue weighted by molar-refractivity contribution is 9.10. The molecule has 0 unspecified atom stereocenters. The molecule has 0 aliphatic heterocycles. The van der Waals surface area contributed by atoms with Gasteiger partial charge in [-0.15, -0.1) is 0 Å². The molecular formula is C17H22BrN7O. The SMILES string of the molecule is Cc1cc(C)n(Cn2ccc(C(=O)NCCCn3cc(Br)c(C)n3)n2)n1. The van der Waals surface area contributed by atoms with Crippen LogP contribution in [0.1, 0.15) is 34.0 Å². The van der Waals surface area contributed by atoms with E-state index >= 15 is 0 Å². The van der Waals surface area contributed by atoms with Crippen LogP contribution in [0.25, 0.3) is 0 Å². The number of nitrogens with zero attached hydrogens (tertiary/aromatic N) is 6. The van der Waals surface area contributed by atoms with Crippen LogP contribution >= 0.6 is 15.9 Å². The first kappa shape index (κ1) is 18.4. The van der Waals surface area contributed by atoms with Gasteiger partial charge in [-0.1, -0.05) is 0 Å². The predicted octanol–water partition coefficient (Wildman–Crippen LogP) is 2.29. The van der Waals surface area contributed by atoms with Crippen LogP contribution in [0, 0.1) is 20.8 Å². The van der Waals surface area contributed by atoms with Crippen molar-refractivity contribution in [3.8, 4) is 0 Å². The number of aryl methyl sites for hydroxylation is 4. The number of rotatable bonds is 7. The van der Waals surface area contributed by atoms with Crippen LogP contribution in [-0.2, 0) is 13.2 Å². The molecule has 0 saturated carbocycles. The van der Waals surface area contributed by atoms with Gasteiger partial charge in [0.1, 0.15) is 12.4 Å². The maximum absolute atomic E-state index is 12.2. The minimum absolute atomic E-state index is 0.171. The van der Waals surface area contributed by atoms with E-state index < -0.39 is 0 Å². The fourth-order valence-electron chi connectivity index (χ4n) is 2.66. The maximum Gasteiger partial charge on any atom is 0.271 e. The van der Waals surface area contributed by atoms with Crippen molar-refractivity contribution in [1.29, 1.82) is 0 Å². The lowest BCUT2D eigenvalue weighted by Gasteiger charge is -2.05. The third-order valence-corrected chi connectivity index (χ3v) is 4.77. The second-order valence-electron chi connectivity index (χ2n) is 6.24. The summed E-state index contributed by atoms with van der Waals surface area (Å²) in [5.41, 5.74) is 3.39. The second kappa shape index (κ2) is 7.86. The van der Waals surface area contributed by atoms with Gasteiger partial charge in [0.15, 0.2) is 0 Å². The molecule has 0 fully saturated rings. The van der Waals surface area contributed by atoms with Gasteiger partial charge in [0, 0.05) is 31.2 Å². The summed E-state index contributed by atoms with van der Waals surface area (Å²) < 4.78 is 6.43. The summed E-state index contributed by atoms with van der Waals surface area (Å²) in [6, 6.07) is 3.73. The lowest BCUT2D eigenvalue weighted by atomic mass is 10.3. The molecule has 3 heterocycles. The summed E-state index contributed by atoms with van der Waals surface area (Å²) in [6.07, 6.45) is 4.53. The van der Waals surface area contributed by atoms with Crippen molar-refractivity contribution in [2.45, 2.75) is 40.4 Å². The Morgan fingerprint density at radius 3 is 2.65 bits per heavy atom. The smallest absolute Gasteiger partial charge is 0.271 e. The van der Waals surface area contributed by atoms with Crippen molar-refractivity contribution in [3.63, 3.8) is 0 Å². The highest BCUT2D eigenvalue weighted by Gasteiger charge is 2.10. The molecule has 1 N–H and O–H groups in total. The van der Waals surface area contributed by atoms with Crippen molar-refractivity contribution < 1.29 is 4.79 Å². The highest BCUT2D eigenvalue weighted by atomic mass is 79.9. The fraction of sp³-hybridized carbons (Fsp3) is 0.412. The first-order valence-electron chi connectivity index (χ1n) is 8.44. The van der Waals surface area contributed by atoms with E-state index in [1.54, 1.807) is 16.9 Å². The van der Waals surface area contributed by atoms with E-state index in [1.165, 1.54) is 0 Å². The molecule has 3 rings (SSSR count). The van der Waals surface area contributed by atoms with Crippen LogP contribution in [0.15, 0.2) is 29.0 Å². The third-order valence-electron chi connectivity index (χ3n) is 3.99.